The van der Waals surface area contributed by atoms with E-state index in [1.54, 1.807) is 6.20 Å². The van der Waals surface area contributed by atoms with Crippen LogP contribution in [0.1, 0.15) is 51.4 Å². The molecule has 10 nitrogen and oxygen atoms in total. The van der Waals surface area contributed by atoms with Crippen molar-refractivity contribution in [2.75, 3.05) is 48.3 Å². The Labute approximate surface area is 209 Å². The molecule has 1 unspecified atom stereocenters. The summed E-state index contributed by atoms with van der Waals surface area (Å²) in [6.07, 6.45) is 11.2. The van der Waals surface area contributed by atoms with Crippen molar-refractivity contribution in [3.63, 3.8) is 0 Å². The van der Waals surface area contributed by atoms with E-state index < -0.39 is 0 Å². The summed E-state index contributed by atoms with van der Waals surface area (Å²) < 4.78 is 5.94. The van der Waals surface area contributed by atoms with Gasteiger partial charge in [-0.1, -0.05) is 11.3 Å². The summed E-state index contributed by atoms with van der Waals surface area (Å²) in [6.45, 7) is 4.28. The number of anilines is 3. The number of aromatic nitrogens is 4. The molecule has 2 aliphatic carbocycles. The Balaban J connectivity index is 0.951. The Kier molecular flexibility index (Phi) is 6.55. The van der Waals surface area contributed by atoms with E-state index in [-0.39, 0.29) is 18.1 Å². The molecule has 2 N–H and O–H groups in total. The lowest BCUT2D eigenvalue weighted by Crippen LogP contribution is -2.49. The maximum absolute atomic E-state index is 12.7. The highest BCUT2D eigenvalue weighted by Gasteiger charge is 2.45. The van der Waals surface area contributed by atoms with Crippen LogP contribution in [0.3, 0.4) is 0 Å². The first-order chi connectivity index (χ1) is 17.1. The third-order valence-electron chi connectivity index (χ3n) is 8.14. The molecule has 1 amide bonds. The van der Waals surface area contributed by atoms with Crippen LogP contribution in [0.25, 0.3) is 0 Å². The van der Waals surface area contributed by atoms with E-state index in [1.165, 1.54) is 49.9 Å². The van der Waals surface area contributed by atoms with Crippen molar-refractivity contribution < 1.29 is 9.53 Å². The Hall–Kier alpha value is -2.37. The van der Waals surface area contributed by atoms with Crippen molar-refractivity contribution in [1.82, 2.24) is 25.3 Å². The highest BCUT2D eigenvalue weighted by Crippen LogP contribution is 2.56. The molecule has 0 bridgehead atoms. The zero-order valence-electron chi connectivity index (χ0n) is 20.1. The zero-order valence-corrected chi connectivity index (χ0v) is 20.9. The van der Waals surface area contributed by atoms with E-state index in [4.69, 9.17) is 4.74 Å². The van der Waals surface area contributed by atoms with Crippen molar-refractivity contribution in [2.45, 2.75) is 69.6 Å². The topological polar surface area (TPSA) is 108 Å². The van der Waals surface area contributed by atoms with E-state index in [0.717, 1.165) is 43.5 Å². The lowest BCUT2D eigenvalue weighted by Gasteiger charge is -2.41. The molecule has 0 aromatic carbocycles. The van der Waals surface area contributed by atoms with Gasteiger partial charge < -0.3 is 20.3 Å². The second kappa shape index (κ2) is 9.94. The van der Waals surface area contributed by atoms with Gasteiger partial charge in [0.15, 0.2) is 5.82 Å². The zero-order chi connectivity index (χ0) is 23.7. The monoisotopic (exact) mass is 498 g/mol. The predicted octanol–water partition coefficient (Wildman–Crippen LogP) is 2.77. The van der Waals surface area contributed by atoms with Gasteiger partial charge in [-0.15, -0.1) is 15.3 Å². The number of amides is 1. The van der Waals surface area contributed by atoms with Crippen LogP contribution in [0.5, 0.6) is 0 Å². The largest absolute Gasteiger partial charge is 0.375 e. The predicted molar refractivity (Wildman–Crippen MR) is 135 cm³/mol. The lowest BCUT2D eigenvalue weighted by atomic mass is 9.82. The number of nitrogens with one attached hydrogen (secondary N) is 2. The highest BCUT2D eigenvalue weighted by atomic mass is 32.1. The van der Waals surface area contributed by atoms with Gasteiger partial charge in [0.25, 0.3) is 0 Å². The fourth-order valence-corrected chi connectivity index (χ4v) is 6.62. The third kappa shape index (κ3) is 5.57. The molecule has 2 aliphatic heterocycles. The highest BCUT2D eigenvalue weighted by molar-refractivity contribution is 7.19. The van der Waals surface area contributed by atoms with Crippen LogP contribution in [0.15, 0.2) is 18.3 Å². The first-order valence-corrected chi connectivity index (χ1v) is 13.7. The van der Waals surface area contributed by atoms with E-state index in [1.807, 2.05) is 12.1 Å². The Morgan fingerprint density at radius 2 is 1.94 bits per heavy atom. The van der Waals surface area contributed by atoms with Crippen LogP contribution in [0.4, 0.5) is 16.1 Å². The van der Waals surface area contributed by atoms with Gasteiger partial charge in [0.1, 0.15) is 0 Å². The van der Waals surface area contributed by atoms with Crippen molar-refractivity contribution >= 4 is 33.3 Å². The van der Waals surface area contributed by atoms with E-state index in [9.17, 15) is 4.79 Å². The second-order valence-electron chi connectivity index (χ2n) is 10.5. The normalized spacial score (nSPS) is 26.7. The molecular weight excluding hydrogens is 464 g/mol. The quantitative estimate of drug-likeness (QED) is 0.596. The Bertz CT molecular complexity index is 1010. The molecule has 35 heavy (non-hydrogen) atoms. The Morgan fingerprint density at radius 3 is 2.74 bits per heavy atom. The number of hydrogen-bond donors (Lipinski definition) is 2. The SMILES string of the molecule is O=C(CC1CN(C2CCC3(CC2)CC3)CCO1)Nc1nnc(N[C@@H]2CCN(c3cccnn3)C2)s1. The van der Waals surface area contributed by atoms with E-state index >= 15 is 0 Å². The molecule has 2 atom stereocenters. The summed E-state index contributed by atoms with van der Waals surface area (Å²) in [7, 11) is 0. The molecule has 11 heteroatoms. The van der Waals surface area contributed by atoms with Crippen LogP contribution in [-0.4, -0.2) is 82.2 Å². The first kappa shape index (κ1) is 23.1. The average molecular weight is 499 g/mol. The molecule has 4 fully saturated rings. The molecule has 2 aromatic rings. The van der Waals surface area contributed by atoms with E-state index in [0.29, 0.717) is 29.6 Å². The van der Waals surface area contributed by atoms with Gasteiger partial charge in [-0.3, -0.25) is 9.69 Å². The van der Waals surface area contributed by atoms with Gasteiger partial charge in [0.05, 0.1) is 19.1 Å². The van der Waals surface area contributed by atoms with Gasteiger partial charge in [-0.05, 0) is 62.5 Å². The number of carbonyl (C=O) groups is 1. The van der Waals surface area contributed by atoms with Crippen molar-refractivity contribution in [3.8, 4) is 0 Å². The fraction of sp³-hybridized carbons (Fsp3) is 0.708. The lowest BCUT2D eigenvalue weighted by molar-refractivity contribution is -0.122. The maximum atomic E-state index is 12.7. The summed E-state index contributed by atoms with van der Waals surface area (Å²) in [6, 6.07) is 4.79. The summed E-state index contributed by atoms with van der Waals surface area (Å²) in [4.78, 5) is 17.5. The van der Waals surface area contributed by atoms with E-state index in [2.05, 4.69) is 40.8 Å². The standard InChI is InChI=1S/C24H34N8O2S/c33-21(14-19-16-31(12-13-34-19)18-3-6-24(7-4-18)8-9-24)27-23-30-29-22(35-23)26-17-5-11-32(15-17)20-2-1-10-25-28-20/h1-2,10,17-19H,3-9,11-16H2,(H,26,29)(H,27,30,33)/t17-,19?/m1/s1. The van der Waals surface area contributed by atoms with Crippen LogP contribution in [0, 0.1) is 5.41 Å². The average Bonchev–Trinajstić information content (AvgIpc) is 3.25. The molecule has 4 heterocycles. The van der Waals surface area contributed by atoms with Gasteiger partial charge in [0, 0.05) is 44.5 Å². The molecule has 4 aliphatic rings. The van der Waals surface area contributed by atoms with Crippen molar-refractivity contribution in [2.24, 2.45) is 5.41 Å². The molecule has 2 saturated carbocycles. The van der Waals surface area contributed by atoms with Gasteiger partial charge in [0.2, 0.25) is 16.2 Å². The molecular formula is C24H34N8O2S. The summed E-state index contributed by atoms with van der Waals surface area (Å²) in [5.41, 5.74) is 0.714. The van der Waals surface area contributed by atoms with Gasteiger partial charge in [-0.25, -0.2) is 0 Å². The smallest absolute Gasteiger partial charge is 0.228 e. The fourth-order valence-electron chi connectivity index (χ4n) is 5.89. The molecule has 188 valence electrons. The van der Waals surface area contributed by atoms with Crippen LogP contribution >= 0.6 is 11.3 Å². The van der Waals surface area contributed by atoms with Crippen LogP contribution in [-0.2, 0) is 9.53 Å². The maximum Gasteiger partial charge on any atom is 0.228 e. The minimum atomic E-state index is -0.0604. The number of rotatable bonds is 7. The molecule has 2 aromatic heterocycles. The minimum absolute atomic E-state index is 0.0587. The van der Waals surface area contributed by atoms with Crippen LogP contribution in [0.2, 0.25) is 0 Å². The van der Waals surface area contributed by atoms with Gasteiger partial charge in [-0.2, -0.15) is 5.10 Å². The molecule has 0 radical (unpaired) electrons. The minimum Gasteiger partial charge on any atom is -0.375 e. The summed E-state index contributed by atoms with van der Waals surface area (Å²) >= 11 is 1.37. The third-order valence-corrected chi connectivity index (χ3v) is 8.91. The van der Waals surface area contributed by atoms with Gasteiger partial charge >= 0.3 is 0 Å². The molecule has 1 spiro atoms. The number of morpholine rings is 1. The number of ether oxygens (including phenoxy) is 1. The molecule has 6 rings (SSSR count). The number of carbonyl (C=O) groups excluding carboxylic acids is 1. The van der Waals surface area contributed by atoms with Crippen molar-refractivity contribution in [3.05, 3.63) is 18.3 Å². The summed E-state index contributed by atoms with van der Waals surface area (Å²) in [5, 5.41) is 24.1. The first-order valence-electron chi connectivity index (χ1n) is 12.9. The number of nitrogens with zero attached hydrogens (tertiary/aromatic N) is 6. The summed E-state index contributed by atoms with van der Waals surface area (Å²) in [5.74, 6) is 0.829. The second-order valence-corrected chi connectivity index (χ2v) is 11.5. The van der Waals surface area contributed by atoms with Crippen molar-refractivity contribution in [1.29, 1.82) is 0 Å². The number of hydrogen-bond acceptors (Lipinski definition) is 10. The Morgan fingerprint density at radius 1 is 1.09 bits per heavy atom. The molecule has 2 saturated heterocycles. The van der Waals surface area contributed by atoms with Crippen LogP contribution < -0.4 is 15.5 Å².